The minimum atomic E-state index is 0.329. The summed E-state index contributed by atoms with van der Waals surface area (Å²) < 4.78 is 11.1. The van der Waals surface area contributed by atoms with E-state index in [1.54, 1.807) is 12.1 Å². The average Bonchev–Trinajstić information content (AvgIpc) is 2.65. The number of phenolic OH excluding ortho intramolecular Hbond substituents is 1. The molecule has 1 rings (SSSR count). The maximum atomic E-state index is 9.53. The molecular formula is C22H39NO3. The molecule has 26 heavy (non-hydrogen) atoms. The van der Waals surface area contributed by atoms with E-state index in [1.807, 2.05) is 12.1 Å². The van der Waals surface area contributed by atoms with Crippen LogP contribution in [0.3, 0.4) is 0 Å². The van der Waals surface area contributed by atoms with Crippen LogP contribution in [0.5, 0.6) is 5.75 Å². The maximum Gasteiger partial charge on any atom is 0.115 e. The lowest BCUT2D eigenvalue weighted by Gasteiger charge is -2.25. The topological polar surface area (TPSA) is 41.9 Å². The maximum absolute atomic E-state index is 9.53. The van der Waals surface area contributed by atoms with Gasteiger partial charge in [-0.3, -0.25) is 0 Å². The van der Waals surface area contributed by atoms with E-state index in [4.69, 9.17) is 9.47 Å². The minimum absolute atomic E-state index is 0.329. The molecule has 0 aliphatic heterocycles. The molecule has 0 radical (unpaired) electrons. The van der Waals surface area contributed by atoms with Gasteiger partial charge in [0.15, 0.2) is 0 Å². The molecule has 0 atom stereocenters. The lowest BCUT2D eigenvalue weighted by atomic mass is 10.2. The Labute approximate surface area is 160 Å². The Morgan fingerprint density at radius 1 is 0.692 bits per heavy atom. The van der Waals surface area contributed by atoms with E-state index in [0.717, 1.165) is 65.2 Å². The number of aromatic hydroxyl groups is 1. The largest absolute Gasteiger partial charge is 0.508 e. The van der Waals surface area contributed by atoms with Crippen LogP contribution in [-0.4, -0.2) is 44.6 Å². The van der Waals surface area contributed by atoms with E-state index in [2.05, 4.69) is 18.7 Å². The molecule has 0 amide bonds. The summed E-state index contributed by atoms with van der Waals surface area (Å²) in [5.74, 6) is 0.329. The first-order valence-corrected chi connectivity index (χ1v) is 10.5. The van der Waals surface area contributed by atoms with Crippen LogP contribution in [0.15, 0.2) is 24.3 Å². The molecule has 0 spiro atoms. The molecule has 0 fully saturated rings. The molecule has 1 aromatic carbocycles. The summed E-state index contributed by atoms with van der Waals surface area (Å²) in [6.45, 7) is 9.92. The van der Waals surface area contributed by atoms with Crippen molar-refractivity contribution in [2.75, 3.05) is 44.4 Å². The number of nitrogens with zero attached hydrogens (tertiary/aromatic N) is 1. The summed E-state index contributed by atoms with van der Waals surface area (Å²) in [5.41, 5.74) is 1.20. The van der Waals surface area contributed by atoms with E-state index in [9.17, 15) is 5.11 Å². The summed E-state index contributed by atoms with van der Waals surface area (Å²) in [6.07, 6.45) is 9.21. The normalized spacial score (nSPS) is 11.0. The quantitative estimate of drug-likeness (QED) is 0.376. The van der Waals surface area contributed by atoms with E-state index in [0.29, 0.717) is 5.75 Å². The highest BCUT2D eigenvalue weighted by atomic mass is 16.5. The van der Waals surface area contributed by atoms with Crippen molar-refractivity contribution >= 4 is 5.69 Å². The standard InChI is InChI=1S/C22H39NO3/c1-3-17-25-19-9-5-7-15-23(21-11-13-22(24)14-12-21)16-8-6-10-20-26-18-4-2/h11-14,24H,3-10,15-20H2,1-2H3. The minimum Gasteiger partial charge on any atom is -0.508 e. The fraction of sp³-hybridized carbons (Fsp3) is 0.727. The highest BCUT2D eigenvalue weighted by molar-refractivity contribution is 5.48. The Kier molecular flexibility index (Phi) is 14.0. The average molecular weight is 366 g/mol. The molecule has 0 saturated heterocycles. The summed E-state index contributed by atoms with van der Waals surface area (Å²) in [7, 11) is 0. The second-order valence-electron chi connectivity index (χ2n) is 6.85. The fourth-order valence-corrected chi connectivity index (χ4v) is 2.89. The van der Waals surface area contributed by atoms with Crippen molar-refractivity contribution in [3.8, 4) is 5.75 Å². The lowest BCUT2D eigenvalue weighted by Crippen LogP contribution is -2.25. The second-order valence-corrected chi connectivity index (χ2v) is 6.85. The predicted octanol–water partition coefficient (Wildman–Crippen LogP) is 5.39. The zero-order valence-electron chi connectivity index (χ0n) is 16.9. The first-order chi connectivity index (χ1) is 12.8. The van der Waals surface area contributed by atoms with Crippen LogP contribution in [0.1, 0.15) is 65.2 Å². The molecule has 0 aromatic heterocycles. The number of hydrogen-bond donors (Lipinski definition) is 1. The lowest BCUT2D eigenvalue weighted by molar-refractivity contribution is 0.130. The third-order valence-electron chi connectivity index (χ3n) is 4.35. The molecule has 4 heteroatoms. The van der Waals surface area contributed by atoms with Crippen molar-refractivity contribution in [2.45, 2.75) is 65.2 Å². The number of anilines is 1. The van der Waals surface area contributed by atoms with Gasteiger partial charge < -0.3 is 19.5 Å². The Balaban J connectivity index is 2.29. The van der Waals surface area contributed by atoms with Crippen LogP contribution in [-0.2, 0) is 9.47 Å². The van der Waals surface area contributed by atoms with Crippen LogP contribution in [0.25, 0.3) is 0 Å². The molecule has 0 bridgehead atoms. The van der Waals surface area contributed by atoms with Gasteiger partial charge in [-0.2, -0.15) is 0 Å². The molecule has 1 N–H and O–H groups in total. The van der Waals surface area contributed by atoms with Gasteiger partial charge in [-0.15, -0.1) is 0 Å². The van der Waals surface area contributed by atoms with Crippen molar-refractivity contribution in [2.24, 2.45) is 0 Å². The fourth-order valence-electron chi connectivity index (χ4n) is 2.89. The Hall–Kier alpha value is -1.26. The second kappa shape index (κ2) is 16.0. The first-order valence-electron chi connectivity index (χ1n) is 10.5. The van der Waals surface area contributed by atoms with E-state index in [1.165, 1.54) is 31.4 Å². The predicted molar refractivity (Wildman–Crippen MR) is 110 cm³/mol. The van der Waals surface area contributed by atoms with Crippen molar-refractivity contribution < 1.29 is 14.6 Å². The van der Waals surface area contributed by atoms with E-state index >= 15 is 0 Å². The highest BCUT2D eigenvalue weighted by Gasteiger charge is 2.06. The molecule has 0 unspecified atom stereocenters. The van der Waals surface area contributed by atoms with Gasteiger partial charge in [-0.05, 0) is 75.6 Å². The summed E-state index contributed by atoms with van der Waals surface area (Å²) in [5, 5.41) is 9.53. The summed E-state index contributed by atoms with van der Waals surface area (Å²) in [6, 6.07) is 7.59. The molecule has 0 aliphatic carbocycles. The number of benzene rings is 1. The number of rotatable bonds is 17. The highest BCUT2D eigenvalue weighted by Crippen LogP contribution is 2.20. The third kappa shape index (κ3) is 11.4. The number of unbranched alkanes of at least 4 members (excludes halogenated alkanes) is 4. The number of hydrogen-bond acceptors (Lipinski definition) is 4. The van der Waals surface area contributed by atoms with Crippen LogP contribution in [0, 0.1) is 0 Å². The zero-order valence-corrected chi connectivity index (χ0v) is 16.9. The van der Waals surface area contributed by atoms with Crippen LogP contribution >= 0.6 is 0 Å². The summed E-state index contributed by atoms with van der Waals surface area (Å²) in [4.78, 5) is 2.44. The third-order valence-corrected chi connectivity index (χ3v) is 4.35. The zero-order chi connectivity index (χ0) is 18.9. The van der Waals surface area contributed by atoms with Gasteiger partial charge >= 0.3 is 0 Å². The molecule has 4 nitrogen and oxygen atoms in total. The van der Waals surface area contributed by atoms with Crippen molar-refractivity contribution in [1.82, 2.24) is 0 Å². The van der Waals surface area contributed by atoms with Crippen LogP contribution < -0.4 is 4.90 Å². The van der Waals surface area contributed by atoms with Gasteiger partial charge in [0, 0.05) is 45.2 Å². The van der Waals surface area contributed by atoms with Gasteiger partial charge in [-0.1, -0.05) is 13.8 Å². The van der Waals surface area contributed by atoms with Gasteiger partial charge in [0.2, 0.25) is 0 Å². The SMILES string of the molecule is CCCOCCCCCN(CCCCCOCCC)c1ccc(O)cc1. The van der Waals surface area contributed by atoms with Crippen molar-refractivity contribution in [3.63, 3.8) is 0 Å². The van der Waals surface area contributed by atoms with Crippen LogP contribution in [0.4, 0.5) is 5.69 Å². The van der Waals surface area contributed by atoms with E-state index in [-0.39, 0.29) is 0 Å². The monoisotopic (exact) mass is 365 g/mol. The van der Waals surface area contributed by atoms with Crippen molar-refractivity contribution in [1.29, 1.82) is 0 Å². The van der Waals surface area contributed by atoms with Gasteiger partial charge in [0.25, 0.3) is 0 Å². The molecular weight excluding hydrogens is 326 g/mol. The van der Waals surface area contributed by atoms with Crippen molar-refractivity contribution in [3.05, 3.63) is 24.3 Å². The number of phenols is 1. The van der Waals surface area contributed by atoms with Crippen LogP contribution in [0.2, 0.25) is 0 Å². The molecule has 1 aromatic rings. The number of ether oxygens (including phenoxy) is 2. The van der Waals surface area contributed by atoms with E-state index < -0.39 is 0 Å². The Bertz CT molecular complexity index is 404. The van der Waals surface area contributed by atoms with Gasteiger partial charge in [0.05, 0.1) is 0 Å². The molecule has 0 heterocycles. The Morgan fingerprint density at radius 3 is 1.65 bits per heavy atom. The Morgan fingerprint density at radius 2 is 1.19 bits per heavy atom. The molecule has 150 valence electrons. The van der Waals surface area contributed by atoms with Gasteiger partial charge in [-0.25, -0.2) is 0 Å². The smallest absolute Gasteiger partial charge is 0.115 e. The molecule has 0 saturated carbocycles. The summed E-state index contributed by atoms with van der Waals surface area (Å²) >= 11 is 0. The molecule has 0 aliphatic rings. The first kappa shape index (κ1) is 22.8. The van der Waals surface area contributed by atoms with Gasteiger partial charge in [0.1, 0.15) is 5.75 Å².